The van der Waals surface area contributed by atoms with Gasteiger partial charge in [-0.15, -0.1) is 0 Å². The van der Waals surface area contributed by atoms with Gasteiger partial charge in [0.25, 0.3) is 0 Å². The van der Waals surface area contributed by atoms with Crippen LogP contribution in [-0.4, -0.2) is 24.9 Å². The molecule has 0 aliphatic carbocycles. The van der Waals surface area contributed by atoms with Gasteiger partial charge in [-0.1, -0.05) is 27.2 Å². The van der Waals surface area contributed by atoms with Crippen LogP contribution in [0.25, 0.3) is 0 Å². The molecule has 0 aliphatic rings. The molecule has 0 unspecified atom stereocenters. The van der Waals surface area contributed by atoms with Crippen LogP contribution in [0.3, 0.4) is 0 Å². The number of anilines is 2. The van der Waals surface area contributed by atoms with Crippen LogP contribution < -0.4 is 16.0 Å². The molecule has 0 heterocycles. The molecule has 0 radical (unpaired) electrons. The second-order valence-corrected chi connectivity index (χ2v) is 5.30. The molecule has 2 amide bonds. The predicted octanol–water partition coefficient (Wildman–Crippen LogP) is 2.61. The molecular formula is C16H25N3O2. The number of carbonyl (C=O) groups excluding carboxylic acids is 2. The molecule has 0 atom stereocenters. The van der Waals surface area contributed by atoms with Crippen LogP contribution in [0.5, 0.6) is 0 Å². The highest BCUT2D eigenvalue weighted by Gasteiger charge is 2.07. The quantitative estimate of drug-likeness (QED) is 0.645. The Morgan fingerprint density at radius 2 is 1.62 bits per heavy atom. The molecule has 1 rings (SSSR count). The lowest BCUT2D eigenvalue weighted by molar-refractivity contribution is -0.119. The molecule has 1 aromatic carbocycles. The maximum atomic E-state index is 11.7. The summed E-state index contributed by atoms with van der Waals surface area (Å²) in [7, 11) is 0. The maximum absolute atomic E-state index is 11.7. The van der Waals surface area contributed by atoms with Crippen molar-refractivity contribution in [2.24, 2.45) is 5.92 Å². The maximum Gasteiger partial charge on any atom is 0.238 e. The summed E-state index contributed by atoms with van der Waals surface area (Å²) in [5.41, 5.74) is 1.45. The summed E-state index contributed by atoms with van der Waals surface area (Å²) in [6.45, 7) is 6.96. The zero-order chi connectivity index (χ0) is 15.7. The van der Waals surface area contributed by atoms with Gasteiger partial charge in [0.2, 0.25) is 11.8 Å². The van der Waals surface area contributed by atoms with Crippen molar-refractivity contribution in [1.29, 1.82) is 0 Å². The normalized spacial score (nSPS) is 10.5. The number of nitrogens with one attached hydrogen (secondary N) is 3. The van der Waals surface area contributed by atoms with Gasteiger partial charge in [-0.2, -0.15) is 0 Å². The van der Waals surface area contributed by atoms with Gasteiger partial charge in [-0.25, -0.2) is 0 Å². The molecule has 0 saturated heterocycles. The first-order valence-electron chi connectivity index (χ1n) is 7.44. The molecule has 5 heteroatoms. The monoisotopic (exact) mass is 291 g/mol. The standard InChI is InChI=1S/C16H25N3O2/c1-4-5-10-17-11-15(20)18-13-6-8-14(9-7-13)19-16(21)12(2)3/h6-9,12,17H,4-5,10-11H2,1-3H3,(H,18,20)(H,19,21). The van der Waals surface area contributed by atoms with Gasteiger partial charge in [0, 0.05) is 17.3 Å². The van der Waals surface area contributed by atoms with E-state index >= 15 is 0 Å². The van der Waals surface area contributed by atoms with Crippen LogP contribution in [-0.2, 0) is 9.59 Å². The molecule has 5 nitrogen and oxygen atoms in total. The van der Waals surface area contributed by atoms with Gasteiger partial charge in [0.1, 0.15) is 0 Å². The van der Waals surface area contributed by atoms with Crippen LogP contribution in [0, 0.1) is 5.92 Å². The predicted molar refractivity (Wildman–Crippen MR) is 86.3 cm³/mol. The average Bonchev–Trinajstić information content (AvgIpc) is 2.45. The molecule has 0 spiro atoms. The number of amides is 2. The van der Waals surface area contributed by atoms with E-state index in [2.05, 4.69) is 22.9 Å². The van der Waals surface area contributed by atoms with Gasteiger partial charge >= 0.3 is 0 Å². The second-order valence-electron chi connectivity index (χ2n) is 5.30. The van der Waals surface area contributed by atoms with Crippen LogP contribution >= 0.6 is 0 Å². The molecule has 21 heavy (non-hydrogen) atoms. The third-order valence-electron chi connectivity index (χ3n) is 2.95. The van der Waals surface area contributed by atoms with Crippen molar-refractivity contribution in [1.82, 2.24) is 5.32 Å². The minimum atomic E-state index is -0.0648. The van der Waals surface area contributed by atoms with Crippen molar-refractivity contribution < 1.29 is 9.59 Å². The highest BCUT2D eigenvalue weighted by Crippen LogP contribution is 2.14. The number of carbonyl (C=O) groups is 2. The van der Waals surface area contributed by atoms with Crippen molar-refractivity contribution in [2.75, 3.05) is 23.7 Å². The third-order valence-corrected chi connectivity index (χ3v) is 2.95. The van der Waals surface area contributed by atoms with Crippen molar-refractivity contribution in [3.63, 3.8) is 0 Å². The van der Waals surface area contributed by atoms with Gasteiger partial charge in [0.05, 0.1) is 6.54 Å². The Hall–Kier alpha value is -1.88. The van der Waals surface area contributed by atoms with E-state index < -0.39 is 0 Å². The van der Waals surface area contributed by atoms with Gasteiger partial charge in [-0.05, 0) is 37.2 Å². The summed E-state index contributed by atoms with van der Waals surface area (Å²) in [5.74, 6) is -0.143. The zero-order valence-corrected chi connectivity index (χ0v) is 13.0. The summed E-state index contributed by atoms with van der Waals surface area (Å²) < 4.78 is 0. The Morgan fingerprint density at radius 1 is 1.05 bits per heavy atom. The first-order chi connectivity index (χ1) is 10.0. The summed E-state index contributed by atoms with van der Waals surface area (Å²) in [5, 5.41) is 8.70. The first kappa shape index (κ1) is 17.2. The Kier molecular flexibility index (Phi) is 7.46. The van der Waals surface area contributed by atoms with Crippen molar-refractivity contribution in [2.45, 2.75) is 33.6 Å². The lowest BCUT2D eigenvalue weighted by atomic mass is 10.2. The number of hydrogen-bond acceptors (Lipinski definition) is 3. The molecule has 0 aromatic heterocycles. The molecular weight excluding hydrogens is 266 g/mol. The average molecular weight is 291 g/mol. The van der Waals surface area contributed by atoms with Crippen LogP contribution in [0.4, 0.5) is 11.4 Å². The lowest BCUT2D eigenvalue weighted by Crippen LogP contribution is -2.28. The Bertz CT molecular complexity index is 455. The lowest BCUT2D eigenvalue weighted by Gasteiger charge is -2.09. The summed E-state index contributed by atoms with van der Waals surface area (Å²) in [6, 6.07) is 7.11. The van der Waals surface area contributed by atoms with E-state index in [4.69, 9.17) is 0 Å². The van der Waals surface area contributed by atoms with Crippen LogP contribution in [0.2, 0.25) is 0 Å². The fraction of sp³-hybridized carbons (Fsp3) is 0.500. The number of benzene rings is 1. The SMILES string of the molecule is CCCCNCC(=O)Nc1ccc(NC(=O)C(C)C)cc1. The Morgan fingerprint density at radius 3 is 2.14 bits per heavy atom. The molecule has 0 fully saturated rings. The number of unbranched alkanes of at least 4 members (excludes halogenated alkanes) is 1. The smallest absolute Gasteiger partial charge is 0.238 e. The van der Waals surface area contributed by atoms with E-state index in [1.54, 1.807) is 24.3 Å². The largest absolute Gasteiger partial charge is 0.326 e. The first-order valence-corrected chi connectivity index (χ1v) is 7.44. The van der Waals surface area contributed by atoms with E-state index in [1.807, 2.05) is 13.8 Å². The van der Waals surface area contributed by atoms with E-state index in [-0.39, 0.29) is 17.7 Å². The van der Waals surface area contributed by atoms with Crippen molar-refractivity contribution >= 4 is 23.2 Å². The number of rotatable bonds is 8. The van der Waals surface area contributed by atoms with Crippen molar-refractivity contribution in [3.05, 3.63) is 24.3 Å². The summed E-state index contributed by atoms with van der Waals surface area (Å²) in [4.78, 5) is 23.2. The van der Waals surface area contributed by atoms with E-state index in [0.717, 1.165) is 30.8 Å². The summed E-state index contributed by atoms with van der Waals surface area (Å²) in [6.07, 6.45) is 2.18. The van der Waals surface area contributed by atoms with Crippen LogP contribution in [0.15, 0.2) is 24.3 Å². The highest BCUT2D eigenvalue weighted by atomic mass is 16.2. The van der Waals surface area contributed by atoms with Gasteiger partial charge in [-0.3, -0.25) is 9.59 Å². The van der Waals surface area contributed by atoms with E-state index in [9.17, 15) is 9.59 Å². The number of hydrogen-bond donors (Lipinski definition) is 3. The topological polar surface area (TPSA) is 70.2 Å². The van der Waals surface area contributed by atoms with E-state index in [1.165, 1.54) is 0 Å². The Balaban J connectivity index is 2.40. The molecule has 0 bridgehead atoms. The molecule has 116 valence electrons. The second kappa shape index (κ2) is 9.13. The minimum absolute atomic E-state index is 0.0214. The van der Waals surface area contributed by atoms with E-state index in [0.29, 0.717) is 6.54 Å². The Labute approximate surface area is 126 Å². The fourth-order valence-electron chi connectivity index (χ4n) is 1.63. The molecule has 1 aromatic rings. The molecule has 0 saturated carbocycles. The zero-order valence-electron chi connectivity index (χ0n) is 13.0. The van der Waals surface area contributed by atoms with Gasteiger partial charge < -0.3 is 16.0 Å². The van der Waals surface area contributed by atoms with Crippen molar-refractivity contribution in [3.8, 4) is 0 Å². The summed E-state index contributed by atoms with van der Waals surface area (Å²) >= 11 is 0. The highest BCUT2D eigenvalue weighted by molar-refractivity contribution is 5.94. The van der Waals surface area contributed by atoms with Gasteiger partial charge in [0.15, 0.2) is 0 Å². The fourth-order valence-corrected chi connectivity index (χ4v) is 1.63. The molecule has 0 aliphatic heterocycles. The van der Waals surface area contributed by atoms with Crippen LogP contribution in [0.1, 0.15) is 33.6 Å². The molecule has 3 N–H and O–H groups in total. The minimum Gasteiger partial charge on any atom is -0.326 e. The third kappa shape index (κ3) is 6.90.